The van der Waals surface area contributed by atoms with Crippen molar-refractivity contribution >= 4 is 39.3 Å². The van der Waals surface area contributed by atoms with Gasteiger partial charge in [0.05, 0.1) is 5.69 Å². The van der Waals surface area contributed by atoms with E-state index in [1.165, 1.54) is 0 Å². The van der Waals surface area contributed by atoms with E-state index in [2.05, 4.69) is 4.72 Å². The monoisotopic (exact) mass is 524 g/mol. The number of para-hydroxylation sites is 1. The number of carbonyl (C=O) groups excluding carboxylic acids is 2. The van der Waals surface area contributed by atoms with Gasteiger partial charge >= 0.3 is 0 Å². The number of piperazine rings is 1. The van der Waals surface area contributed by atoms with E-state index in [4.69, 9.17) is 4.74 Å². The fraction of sp³-hybridized carbons (Fsp3) is 0.407. The molecule has 0 spiro atoms. The Labute approximate surface area is 217 Å². The molecule has 2 fully saturated rings. The zero-order valence-electron chi connectivity index (χ0n) is 20.9. The van der Waals surface area contributed by atoms with Crippen molar-refractivity contribution in [3.05, 3.63) is 59.7 Å². The number of sulfonamides is 1. The Hall–Kier alpha value is -3.37. The van der Waals surface area contributed by atoms with Gasteiger partial charge < -0.3 is 19.4 Å². The number of anilines is 2. The van der Waals surface area contributed by atoms with Crippen LogP contribution in [0.25, 0.3) is 6.08 Å². The third kappa shape index (κ3) is 5.35. The number of ether oxygens (including phenoxy) is 1. The van der Waals surface area contributed by atoms with E-state index < -0.39 is 10.0 Å². The number of fused-ring (bicyclic) bond motifs is 1. The normalized spacial score (nSPS) is 18.5. The maximum atomic E-state index is 13.2. The predicted molar refractivity (Wildman–Crippen MR) is 142 cm³/mol. The number of likely N-dealkylation sites (N-methyl/N-ethyl adjacent to an activating group) is 1. The van der Waals surface area contributed by atoms with E-state index in [1.54, 1.807) is 41.3 Å². The molecule has 3 aliphatic rings. The second-order valence-corrected chi connectivity index (χ2v) is 11.3. The molecular weight excluding hydrogens is 492 g/mol. The summed E-state index contributed by atoms with van der Waals surface area (Å²) < 4.78 is 34.4. The summed E-state index contributed by atoms with van der Waals surface area (Å²) in [5, 5.41) is 0. The Kier molecular flexibility index (Phi) is 7.21. The molecule has 196 valence electrons. The number of benzene rings is 2. The third-order valence-corrected chi connectivity index (χ3v) is 8.62. The highest BCUT2D eigenvalue weighted by atomic mass is 32.2. The summed E-state index contributed by atoms with van der Waals surface area (Å²) in [5.41, 5.74) is 2.38. The van der Waals surface area contributed by atoms with Crippen LogP contribution < -0.4 is 9.62 Å². The molecule has 2 saturated heterocycles. The minimum atomic E-state index is -3.83. The van der Waals surface area contributed by atoms with E-state index in [-0.39, 0.29) is 22.6 Å². The lowest BCUT2D eigenvalue weighted by atomic mass is 9.98. The predicted octanol–water partition coefficient (Wildman–Crippen LogP) is 2.66. The van der Waals surface area contributed by atoms with E-state index in [0.29, 0.717) is 62.9 Å². The van der Waals surface area contributed by atoms with Crippen molar-refractivity contribution in [1.29, 1.82) is 0 Å². The van der Waals surface area contributed by atoms with Crippen molar-refractivity contribution in [2.24, 2.45) is 5.92 Å². The van der Waals surface area contributed by atoms with E-state index >= 15 is 0 Å². The number of amides is 2. The Morgan fingerprint density at radius 2 is 1.62 bits per heavy atom. The summed E-state index contributed by atoms with van der Waals surface area (Å²) in [5.74, 6) is 0.0534. The molecule has 0 saturated carbocycles. The van der Waals surface area contributed by atoms with Crippen molar-refractivity contribution in [2.75, 3.05) is 62.6 Å². The largest absolute Gasteiger partial charge is 0.381 e. The Bertz CT molecular complexity index is 1290. The highest BCUT2D eigenvalue weighted by Gasteiger charge is 2.30. The quantitative estimate of drug-likeness (QED) is 0.646. The molecule has 10 heteroatoms. The molecule has 0 bridgehead atoms. The van der Waals surface area contributed by atoms with Crippen LogP contribution in [0.3, 0.4) is 0 Å². The smallest absolute Gasteiger partial charge is 0.263 e. The van der Waals surface area contributed by atoms with Gasteiger partial charge in [-0.3, -0.25) is 14.3 Å². The van der Waals surface area contributed by atoms with Gasteiger partial charge in [-0.05, 0) is 48.7 Å². The van der Waals surface area contributed by atoms with Crippen molar-refractivity contribution in [3.63, 3.8) is 0 Å². The highest BCUT2D eigenvalue weighted by molar-refractivity contribution is 7.92. The van der Waals surface area contributed by atoms with Gasteiger partial charge in [0.15, 0.2) is 0 Å². The molecule has 5 rings (SSSR count). The lowest BCUT2D eigenvalue weighted by Crippen LogP contribution is -2.52. The number of hydrogen-bond donors (Lipinski definition) is 1. The average molecular weight is 525 g/mol. The van der Waals surface area contributed by atoms with Gasteiger partial charge in [0.25, 0.3) is 15.9 Å². The zero-order valence-corrected chi connectivity index (χ0v) is 21.7. The van der Waals surface area contributed by atoms with Gasteiger partial charge in [-0.1, -0.05) is 24.3 Å². The van der Waals surface area contributed by atoms with Gasteiger partial charge in [-0.15, -0.1) is 0 Å². The maximum absolute atomic E-state index is 13.2. The molecule has 0 aliphatic carbocycles. The van der Waals surface area contributed by atoms with Crippen molar-refractivity contribution in [2.45, 2.75) is 17.7 Å². The minimum absolute atomic E-state index is 0.0191. The Morgan fingerprint density at radius 1 is 0.946 bits per heavy atom. The molecule has 0 atom stereocenters. The van der Waals surface area contributed by atoms with Crippen LogP contribution >= 0.6 is 0 Å². The molecular formula is C27H32N4O5S. The topological polar surface area (TPSA) is 99.3 Å². The van der Waals surface area contributed by atoms with Crippen LogP contribution in [-0.2, 0) is 19.6 Å². The summed E-state index contributed by atoms with van der Waals surface area (Å²) in [7, 11) is -1.97. The van der Waals surface area contributed by atoms with Crippen LogP contribution in [0.1, 0.15) is 28.8 Å². The van der Waals surface area contributed by atoms with Crippen molar-refractivity contribution in [1.82, 2.24) is 9.80 Å². The van der Waals surface area contributed by atoms with Crippen LogP contribution in [0.2, 0.25) is 0 Å². The molecule has 2 amide bonds. The van der Waals surface area contributed by atoms with Gasteiger partial charge in [-0.25, -0.2) is 8.42 Å². The molecule has 1 N–H and O–H groups in total. The van der Waals surface area contributed by atoms with Gasteiger partial charge in [0.2, 0.25) is 5.91 Å². The highest BCUT2D eigenvalue weighted by Crippen LogP contribution is 2.33. The van der Waals surface area contributed by atoms with E-state index in [0.717, 1.165) is 18.4 Å². The number of hydrogen-bond acceptors (Lipinski definition) is 6. The third-order valence-electron chi connectivity index (χ3n) is 7.21. The molecule has 2 aromatic rings. The first-order chi connectivity index (χ1) is 17.8. The number of carbonyl (C=O) groups is 2. The van der Waals surface area contributed by atoms with Crippen LogP contribution in [0, 0.1) is 5.92 Å². The molecule has 3 aliphatic heterocycles. The van der Waals surface area contributed by atoms with Crippen molar-refractivity contribution in [3.8, 4) is 0 Å². The zero-order chi connectivity index (χ0) is 26.0. The molecule has 37 heavy (non-hydrogen) atoms. The first-order valence-electron chi connectivity index (χ1n) is 12.6. The van der Waals surface area contributed by atoms with Gasteiger partial charge in [0, 0.05) is 70.2 Å². The molecule has 2 aromatic carbocycles. The first kappa shape index (κ1) is 25.3. The lowest BCUT2D eigenvalue weighted by Gasteiger charge is -2.37. The summed E-state index contributed by atoms with van der Waals surface area (Å²) >= 11 is 0. The fourth-order valence-corrected chi connectivity index (χ4v) is 6.48. The van der Waals surface area contributed by atoms with Crippen LogP contribution in [0.15, 0.2) is 53.4 Å². The van der Waals surface area contributed by atoms with Crippen LogP contribution in [0.4, 0.5) is 11.4 Å². The number of nitrogens with one attached hydrogen (secondary N) is 1. The summed E-state index contributed by atoms with van der Waals surface area (Å²) in [6, 6.07) is 11.7. The van der Waals surface area contributed by atoms with E-state index in [9.17, 15) is 18.0 Å². The molecule has 3 heterocycles. The molecule has 0 radical (unpaired) electrons. The molecule has 0 unspecified atom stereocenters. The minimum Gasteiger partial charge on any atom is -0.381 e. The molecule has 0 aromatic heterocycles. The second-order valence-electron chi connectivity index (χ2n) is 9.66. The summed E-state index contributed by atoms with van der Waals surface area (Å²) in [6.07, 6.45) is 5.43. The SMILES string of the molecule is CN1CC=Cc2cccc(S(=O)(=O)Nc3ccc(C(=O)N4CCN(C(=O)C5CCOCC5)CC4)cc3)c21. The van der Waals surface area contributed by atoms with E-state index in [1.807, 2.05) is 35.1 Å². The summed E-state index contributed by atoms with van der Waals surface area (Å²) in [6.45, 7) is 3.88. The standard InChI is InChI=1S/C27H32N4O5S/c1-29-13-3-5-20-4-2-6-24(25(20)29)37(34,35)28-23-9-7-21(8-10-23)26(32)30-14-16-31(17-15-30)27(33)22-11-18-36-19-12-22/h2-10,22,28H,11-19H2,1H3. The number of rotatable bonds is 5. The molecule has 9 nitrogen and oxygen atoms in total. The Balaban J connectivity index is 1.21. The first-order valence-corrected chi connectivity index (χ1v) is 14.1. The number of nitrogens with zero attached hydrogens (tertiary/aromatic N) is 3. The Morgan fingerprint density at radius 3 is 2.32 bits per heavy atom. The van der Waals surface area contributed by atoms with Gasteiger partial charge in [-0.2, -0.15) is 0 Å². The lowest BCUT2D eigenvalue weighted by molar-refractivity contribution is -0.140. The summed E-state index contributed by atoms with van der Waals surface area (Å²) in [4.78, 5) is 31.5. The average Bonchev–Trinajstić information content (AvgIpc) is 2.93. The van der Waals surface area contributed by atoms with Crippen LogP contribution in [-0.4, -0.2) is 83.0 Å². The second kappa shape index (κ2) is 10.5. The van der Waals surface area contributed by atoms with Crippen LogP contribution in [0.5, 0.6) is 0 Å². The van der Waals surface area contributed by atoms with Crippen molar-refractivity contribution < 1.29 is 22.7 Å². The maximum Gasteiger partial charge on any atom is 0.263 e. The fourth-order valence-electron chi connectivity index (χ4n) is 5.13. The van der Waals surface area contributed by atoms with Gasteiger partial charge in [0.1, 0.15) is 4.90 Å².